The fourth-order valence-corrected chi connectivity index (χ4v) is 3.48. The second-order valence-corrected chi connectivity index (χ2v) is 7.24. The van der Waals surface area contributed by atoms with E-state index in [0.29, 0.717) is 19.6 Å². The number of hydrogen-bond donors (Lipinski definition) is 2. The molecule has 1 aromatic carbocycles. The number of nitrogens with one attached hydrogen (secondary N) is 1. The number of anilines is 1. The monoisotopic (exact) mass is 331 g/mol. The van der Waals surface area contributed by atoms with Crippen LogP contribution in [0.5, 0.6) is 0 Å². The number of fused-ring (bicyclic) bond motifs is 1. The number of amides is 3. The number of rotatable bonds is 2. The highest BCUT2D eigenvalue weighted by Gasteiger charge is 2.45. The molecule has 0 unspecified atom stereocenters. The van der Waals surface area contributed by atoms with Gasteiger partial charge >= 0.3 is 6.03 Å². The van der Waals surface area contributed by atoms with Crippen molar-refractivity contribution in [1.29, 1.82) is 0 Å². The van der Waals surface area contributed by atoms with Crippen molar-refractivity contribution in [3.63, 3.8) is 0 Å². The number of carbonyl (C=O) groups is 2. The van der Waals surface area contributed by atoms with Crippen LogP contribution in [0.15, 0.2) is 24.3 Å². The molecular formula is C18H25N3O3. The Morgan fingerprint density at radius 1 is 1.42 bits per heavy atom. The number of urea groups is 1. The minimum Gasteiger partial charge on any atom is -0.386 e. The topological polar surface area (TPSA) is 72.9 Å². The van der Waals surface area contributed by atoms with Crippen LogP contribution in [0.2, 0.25) is 0 Å². The summed E-state index contributed by atoms with van der Waals surface area (Å²) in [5, 5.41) is 12.9. The van der Waals surface area contributed by atoms with Crippen LogP contribution in [0.4, 0.5) is 10.5 Å². The zero-order valence-electron chi connectivity index (χ0n) is 14.5. The first kappa shape index (κ1) is 16.8. The van der Waals surface area contributed by atoms with Gasteiger partial charge in [0.25, 0.3) is 0 Å². The largest absolute Gasteiger partial charge is 0.386 e. The van der Waals surface area contributed by atoms with E-state index in [4.69, 9.17) is 0 Å². The minimum atomic E-state index is -0.826. The molecule has 3 rings (SSSR count). The maximum atomic E-state index is 13.0. The van der Waals surface area contributed by atoms with Gasteiger partial charge in [-0.05, 0) is 24.5 Å². The van der Waals surface area contributed by atoms with Crippen molar-refractivity contribution in [2.75, 3.05) is 18.4 Å². The number of nitrogens with zero attached hydrogens (tertiary/aromatic N) is 2. The Hall–Kier alpha value is -2.08. The molecule has 24 heavy (non-hydrogen) atoms. The van der Waals surface area contributed by atoms with Crippen molar-refractivity contribution in [3.05, 3.63) is 29.8 Å². The summed E-state index contributed by atoms with van der Waals surface area (Å²) in [7, 11) is 0. The zero-order valence-corrected chi connectivity index (χ0v) is 14.5. The molecule has 130 valence electrons. The van der Waals surface area contributed by atoms with Crippen molar-refractivity contribution >= 4 is 17.6 Å². The number of hydrogen-bond acceptors (Lipinski definition) is 3. The molecule has 1 fully saturated rings. The molecule has 2 aliphatic heterocycles. The summed E-state index contributed by atoms with van der Waals surface area (Å²) in [6.07, 6.45) is 0.802. The van der Waals surface area contributed by atoms with Gasteiger partial charge in [0.05, 0.1) is 25.2 Å². The molecule has 6 heteroatoms. The average Bonchev–Trinajstić information content (AvgIpc) is 2.66. The number of carbonyl (C=O) groups excluding carboxylic acids is 2. The number of likely N-dealkylation sites (tertiary alicyclic amines) is 1. The van der Waals surface area contributed by atoms with Crippen LogP contribution in [0.25, 0.3) is 0 Å². The first-order valence-corrected chi connectivity index (χ1v) is 8.49. The Labute approximate surface area is 142 Å². The third-order valence-corrected chi connectivity index (χ3v) is 4.98. The molecule has 1 aromatic rings. The van der Waals surface area contributed by atoms with Gasteiger partial charge in [-0.1, -0.05) is 38.5 Å². The Bertz CT molecular complexity index is 651. The van der Waals surface area contributed by atoms with Crippen LogP contribution >= 0.6 is 0 Å². The van der Waals surface area contributed by atoms with E-state index in [2.05, 4.69) is 5.32 Å². The van der Waals surface area contributed by atoms with Crippen molar-refractivity contribution in [2.45, 2.75) is 45.4 Å². The highest BCUT2D eigenvalue weighted by Crippen LogP contribution is 2.30. The van der Waals surface area contributed by atoms with Crippen LogP contribution in [0.3, 0.4) is 0 Å². The highest BCUT2D eigenvalue weighted by atomic mass is 16.3. The molecule has 3 amide bonds. The predicted molar refractivity (Wildman–Crippen MR) is 91.5 cm³/mol. The van der Waals surface area contributed by atoms with Gasteiger partial charge in [0.15, 0.2) is 0 Å². The van der Waals surface area contributed by atoms with E-state index >= 15 is 0 Å². The molecule has 2 atom stereocenters. The van der Waals surface area contributed by atoms with Gasteiger partial charge in [0, 0.05) is 5.69 Å². The third kappa shape index (κ3) is 2.98. The summed E-state index contributed by atoms with van der Waals surface area (Å²) in [5.41, 5.74) is 0.868. The lowest BCUT2D eigenvalue weighted by atomic mass is 9.95. The summed E-state index contributed by atoms with van der Waals surface area (Å²) >= 11 is 0. The van der Waals surface area contributed by atoms with E-state index < -0.39 is 11.6 Å². The first-order chi connectivity index (χ1) is 11.3. The molecule has 0 aliphatic carbocycles. The van der Waals surface area contributed by atoms with E-state index in [1.807, 2.05) is 38.1 Å². The number of aliphatic hydroxyl groups is 1. The van der Waals surface area contributed by atoms with Gasteiger partial charge < -0.3 is 20.2 Å². The maximum absolute atomic E-state index is 13.0. The van der Waals surface area contributed by atoms with Crippen molar-refractivity contribution in [2.24, 2.45) is 5.92 Å². The molecule has 6 nitrogen and oxygen atoms in total. The summed E-state index contributed by atoms with van der Waals surface area (Å²) in [6, 6.07) is 6.89. The van der Waals surface area contributed by atoms with Gasteiger partial charge in [0.1, 0.15) is 6.04 Å². The zero-order chi connectivity index (χ0) is 17.5. The van der Waals surface area contributed by atoms with Gasteiger partial charge in [-0.3, -0.25) is 4.79 Å². The summed E-state index contributed by atoms with van der Waals surface area (Å²) in [5.74, 6) is -0.0972. The summed E-state index contributed by atoms with van der Waals surface area (Å²) < 4.78 is 0. The molecule has 2 aliphatic rings. The number of para-hydroxylation sites is 1. The van der Waals surface area contributed by atoms with Crippen LogP contribution in [0.1, 0.15) is 32.8 Å². The Kier molecular flexibility index (Phi) is 4.25. The lowest BCUT2D eigenvalue weighted by Gasteiger charge is -2.47. The fraction of sp³-hybridized carbons (Fsp3) is 0.556. The molecule has 0 radical (unpaired) electrons. The Balaban J connectivity index is 1.92. The van der Waals surface area contributed by atoms with Crippen LogP contribution in [-0.2, 0) is 11.3 Å². The fourth-order valence-electron chi connectivity index (χ4n) is 3.48. The predicted octanol–water partition coefficient (Wildman–Crippen LogP) is 2.04. The lowest BCUT2D eigenvalue weighted by molar-refractivity contribution is -0.123. The molecule has 0 saturated carbocycles. The Morgan fingerprint density at radius 2 is 2.08 bits per heavy atom. The molecule has 0 aromatic heterocycles. The smallest absolute Gasteiger partial charge is 0.321 e. The summed E-state index contributed by atoms with van der Waals surface area (Å²) in [6.45, 7) is 6.73. The quantitative estimate of drug-likeness (QED) is 0.871. The van der Waals surface area contributed by atoms with E-state index in [1.165, 1.54) is 0 Å². The van der Waals surface area contributed by atoms with Gasteiger partial charge in [0.2, 0.25) is 5.91 Å². The molecular weight excluding hydrogens is 306 g/mol. The van der Waals surface area contributed by atoms with Crippen molar-refractivity contribution in [3.8, 4) is 0 Å². The van der Waals surface area contributed by atoms with Crippen molar-refractivity contribution < 1.29 is 14.7 Å². The molecule has 0 spiro atoms. The van der Waals surface area contributed by atoms with Gasteiger partial charge in [-0.25, -0.2) is 4.79 Å². The maximum Gasteiger partial charge on any atom is 0.321 e. The SMILES string of the molecule is CC[C@H](C)[C@H]1C(=O)Nc2ccccc2CN1C(=O)N1CC(C)(O)C1. The van der Waals surface area contributed by atoms with E-state index in [-0.39, 0.29) is 17.9 Å². The van der Waals surface area contributed by atoms with Crippen LogP contribution in [-0.4, -0.2) is 51.6 Å². The van der Waals surface area contributed by atoms with Crippen molar-refractivity contribution in [1.82, 2.24) is 9.80 Å². The van der Waals surface area contributed by atoms with Gasteiger partial charge in [-0.2, -0.15) is 0 Å². The molecule has 0 bridgehead atoms. The van der Waals surface area contributed by atoms with Crippen LogP contribution in [0, 0.1) is 5.92 Å². The third-order valence-electron chi connectivity index (χ3n) is 4.98. The Morgan fingerprint density at radius 3 is 2.71 bits per heavy atom. The second kappa shape index (κ2) is 6.09. The molecule has 2 heterocycles. The normalized spacial score (nSPS) is 23.7. The first-order valence-electron chi connectivity index (χ1n) is 8.49. The standard InChI is InChI=1S/C18H25N3O3/c1-4-12(2)15-16(22)19-14-8-6-5-7-13(14)9-21(15)17(23)20-10-18(3,24)11-20/h5-8,12,15,24H,4,9-11H2,1-3H3,(H,19,22)/t12-,15-/m0/s1. The molecule has 1 saturated heterocycles. The average molecular weight is 331 g/mol. The van der Waals surface area contributed by atoms with Crippen LogP contribution < -0.4 is 5.32 Å². The summed E-state index contributed by atoms with van der Waals surface area (Å²) in [4.78, 5) is 29.0. The lowest BCUT2D eigenvalue weighted by Crippen LogP contribution is -2.66. The minimum absolute atomic E-state index is 0.0463. The van der Waals surface area contributed by atoms with E-state index in [1.54, 1.807) is 16.7 Å². The highest BCUT2D eigenvalue weighted by molar-refractivity contribution is 5.99. The van der Waals surface area contributed by atoms with E-state index in [0.717, 1.165) is 17.7 Å². The van der Waals surface area contributed by atoms with E-state index in [9.17, 15) is 14.7 Å². The van der Waals surface area contributed by atoms with Gasteiger partial charge in [-0.15, -0.1) is 0 Å². The second-order valence-electron chi connectivity index (χ2n) is 7.24. The molecule has 2 N–H and O–H groups in total. The number of β-amino-alcohol motifs (C(OH)–C–C–N with tert-alkyl or cyclic N) is 1. The number of benzene rings is 1.